The summed E-state index contributed by atoms with van der Waals surface area (Å²) >= 11 is 3.93. The second-order valence-corrected chi connectivity index (χ2v) is 14.8. The summed E-state index contributed by atoms with van der Waals surface area (Å²) in [5, 5.41) is 0. The van der Waals surface area contributed by atoms with Crippen molar-refractivity contribution < 1.29 is 0 Å². The molecular formula is C27H40S2. The Morgan fingerprint density at radius 1 is 0.621 bits per heavy atom. The van der Waals surface area contributed by atoms with E-state index in [2.05, 4.69) is 119 Å². The van der Waals surface area contributed by atoms with Crippen molar-refractivity contribution in [2.45, 2.75) is 106 Å². The van der Waals surface area contributed by atoms with Gasteiger partial charge in [0, 0.05) is 24.7 Å². The summed E-state index contributed by atoms with van der Waals surface area (Å²) in [5.74, 6) is 0. The molecule has 0 unspecified atom stereocenters. The SMILES string of the molecule is Cc1cc(SC(C)(C)C)ccc1C(C)(C)C(C)(C)Sc1ccc(C(C)(C)C)cc1. The molecule has 0 aliphatic carbocycles. The molecule has 0 aliphatic heterocycles. The lowest BCUT2D eigenvalue weighted by Gasteiger charge is -2.42. The Bertz CT molecular complexity index is 828. The van der Waals surface area contributed by atoms with Crippen LogP contribution in [0.25, 0.3) is 0 Å². The summed E-state index contributed by atoms with van der Waals surface area (Å²) in [4.78, 5) is 2.70. The molecule has 0 amide bonds. The molecule has 0 saturated carbocycles. The Hall–Kier alpha value is -0.860. The van der Waals surface area contributed by atoms with Gasteiger partial charge in [-0.25, -0.2) is 0 Å². The van der Waals surface area contributed by atoms with E-state index in [1.165, 1.54) is 26.5 Å². The average molecular weight is 429 g/mol. The van der Waals surface area contributed by atoms with Gasteiger partial charge in [0.1, 0.15) is 0 Å². The van der Waals surface area contributed by atoms with Gasteiger partial charge in [0.2, 0.25) is 0 Å². The molecule has 0 heterocycles. The first kappa shape index (κ1) is 24.4. The van der Waals surface area contributed by atoms with E-state index in [1.807, 2.05) is 23.5 Å². The van der Waals surface area contributed by atoms with Gasteiger partial charge in [-0.2, -0.15) is 0 Å². The Labute approximate surface area is 188 Å². The third-order valence-corrected chi connectivity index (χ3v) is 8.52. The van der Waals surface area contributed by atoms with Gasteiger partial charge in [0.15, 0.2) is 0 Å². The highest BCUT2D eigenvalue weighted by molar-refractivity contribution is 8.01. The lowest BCUT2D eigenvalue weighted by molar-refractivity contribution is 0.410. The second-order valence-electron chi connectivity index (χ2n) is 11.2. The standard InChI is InChI=1S/C27H40S2/c1-19-18-22(28-25(5,6)7)16-17-23(19)26(8,9)27(10,11)29-21-14-12-20(13-15-21)24(2,3)4/h12-18H,1-11H3. The maximum atomic E-state index is 2.39. The van der Waals surface area contributed by atoms with Crippen LogP contribution in [-0.4, -0.2) is 9.49 Å². The van der Waals surface area contributed by atoms with E-state index < -0.39 is 0 Å². The van der Waals surface area contributed by atoms with Crippen LogP contribution in [0.1, 0.15) is 85.9 Å². The largest absolute Gasteiger partial charge is 0.120 e. The molecule has 0 nitrogen and oxygen atoms in total. The number of hydrogen-bond donors (Lipinski definition) is 0. The normalized spacial score (nSPS) is 13.6. The molecular weight excluding hydrogens is 388 g/mol. The monoisotopic (exact) mass is 428 g/mol. The molecule has 0 N–H and O–H groups in total. The van der Waals surface area contributed by atoms with E-state index in [0.29, 0.717) is 0 Å². The molecule has 0 radical (unpaired) electrons. The van der Waals surface area contributed by atoms with Crippen LogP contribution < -0.4 is 0 Å². The van der Waals surface area contributed by atoms with Crippen molar-refractivity contribution in [2.24, 2.45) is 0 Å². The fraction of sp³-hybridized carbons (Fsp3) is 0.556. The van der Waals surface area contributed by atoms with Gasteiger partial charge >= 0.3 is 0 Å². The number of aryl methyl sites for hydroxylation is 1. The van der Waals surface area contributed by atoms with Gasteiger partial charge in [-0.05, 0) is 67.1 Å². The van der Waals surface area contributed by atoms with Crippen molar-refractivity contribution in [3.63, 3.8) is 0 Å². The van der Waals surface area contributed by atoms with Crippen LogP contribution >= 0.6 is 23.5 Å². The zero-order chi connectivity index (χ0) is 22.3. The van der Waals surface area contributed by atoms with Gasteiger partial charge in [-0.3, -0.25) is 0 Å². The molecule has 0 fully saturated rings. The van der Waals surface area contributed by atoms with Crippen LogP contribution in [0.3, 0.4) is 0 Å². The highest BCUT2D eigenvalue weighted by Crippen LogP contribution is 2.48. The van der Waals surface area contributed by atoms with Crippen LogP contribution in [0, 0.1) is 6.92 Å². The minimum Gasteiger partial charge on any atom is -0.120 e. The lowest BCUT2D eigenvalue weighted by Crippen LogP contribution is -2.40. The zero-order valence-corrected chi connectivity index (χ0v) is 22.0. The average Bonchev–Trinajstić information content (AvgIpc) is 2.52. The van der Waals surface area contributed by atoms with Crippen LogP contribution in [-0.2, 0) is 10.8 Å². The van der Waals surface area contributed by atoms with E-state index in [4.69, 9.17) is 0 Å². The number of hydrogen-bond acceptors (Lipinski definition) is 2. The molecule has 2 rings (SSSR count). The first-order valence-corrected chi connectivity index (χ1v) is 12.3. The van der Waals surface area contributed by atoms with Crippen LogP contribution in [0.4, 0.5) is 0 Å². The number of thioether (sulfide) groups is 2. The molecule has 2 heteroatoms. The molecule has 0 aliphatic rings. The molecule has 160 valence electrons. The highest BCUT2D eigenvalue weighted by atomic mass is 32.2. The summed E-state index contributed by atoms with van der Waals surface area (Å²) < 4.78 is 0.289. The van der Waals surface area contributed by atoms with Gasteiger partial charge in [0.05, 0.1) is 0 Å². The van der Waals surface area contributed by atoms with Crippen molar-refractivity contribution in [1.29, 1.82) is 0 Å². The highest BCUT2D eigenvalue weighted by Gasteiger charge is 2.40. The number of benzene rings is 2. The Balaban J connectivity index is 2.28. The van der Waals surface area contributed by atoms with Crippen molar-refractivity contribution >= 4 is 23.5 Å². The minimum absolute atomic E-state index is 0.0371. The summed E-state index contributed by atoms with van der Waals surface area (Å²) in [7, 11) is 0. The first-order chi connectivity index (χ1) is 13.0. The van der Waals surface area contributed by atoms with E-state index >= 15 is 0 Å². The predicted octanol–water partition coefficient (Wildman–Crippen LogP) is 9.03. The maximum absolute atomic E-state index is 2.39. The van der Waals surface area contributed by atoms with Gasteiger partial charge in [-0.1, -0.05) is 73.6 Å². The maximum Gasteiger partial charge on any atom is 0.0242 e. The topological polar surface area (TPSA) is 0 Å². The molecule has 0 saturated heterocycles. The minimum atomic E-state index is 0.0371. The fourth-order valence-corrected chi connectivity index (χ4v) is 5.83. The molecule has 0 spiro atoms. The Morgan fingerprint density at radius 3 is 1.59 bits per heavy atom. The van der Waals surface area contributed by atoms with Crippen molar-refractivity contribution in [3.05, 3.63) is 59.2 Å². The summed E-state index contributed by atoms with van der Waals surface area (Å²) in [6.45, 7) is 25.4. The lowest BCUT2D eigenvalue weighted by atomic mass is 9.73. The van der Waals surface area contributed by atoms with Crippen molar-refractivity contribution in [1.82, 2.24) is 0 Å². The van der Waals surface area contributed by atoms with Gasteiger partial charge in [-0.15, -0.1) is 23.5 Å². The predicted molar refractivity (Wildman–Crippen MR) is 135 cm³/mol. The van der Waals surface area contributed by atoms with E-state index in [9.17, 15) is 0 Å². The van der Waals surface area contributed by atoms with Crippen LogP contribution in [0.15, 0.2) is 52.3 Å². The summed E-state index contributed by atoms with van der Waals surface area (Å²) in [6.07, 6.45) is 0. The molecule has 2 aromatic carbocycles. The van der Waals surface area contributed by atoms with Crippen molar-refractivity contribution in [2.75, 3.05) is 0 Å². The van der Waals surface area contributed by atoms with E-state index in [0.717, 1.165) is 0 Å². The zero-order valence-electron chi connectivity index (χ0n) is 20.4. The molecule has 2 aromatic rings. The second kappa shape index (κ2) is 8.35. The Kier molecular flexibility index (Phi) is 7.02. The summed E-state index contributed by atoms with van der Waals surface area (Å²) in [6, 6.07) is 16.2. The first-order valence-electron chi connectivity index (χ1n) is 10.6. The fourth-order valence-electron chi connectivity index (χ4n) is 3.52. The molecule has 29 heavy (non-hydrogen) atoms. The van der Waals surface area contributed by atoms with E-state index in [1.54, 1.807) is 0 Å². The molecule has 0 aromatic heterocycles. The smallest absolute Gasteiger partial charge is 0.0242 e. The summed E-state index contributed by atoms with van der Waals surface area (Å²) in [5.41, 5.74) is 4.46. The van der Waals surface area contributed by atoms with Crippen LogP contribution in [0.5, 0.6) is 0 Å². The van der Waals surface area contributed by atoms with E-state index in [-0.39, 0.29) is 20.3 Å². The number of rotatable bonds is 5. The molecule has 0 bridgehead atoms. The third kappa shape index (κ3) is 6.07. The quantitative estimate of drug-likeness (QED) is 0.436. The third-order valence-electron chi connectivity index (χ3n) is 5.89. The van der Waals surface area contributed by atoms with Crippen molar-refractivity contribution in [3.8, 4) is 0 Å². The van der Waals surface area contributed by atoms with Crippen LogP contribution in [0.2, 0.25) is 0 Å². The Morgan fingerprint density at radius 2 is 1.14 bits per heavy atom. The molecule has 0 atom stereocenters. The van der Waals surface area contributed by atoms with Gasteiger partial charge < -0.3 is 0 Å². The van der Waals surface area contributed by atoms with Gasteiger partial charge in [0.25, 0.3) is 0 Å².